The van der Waals surface area contributed by atoms with E-state index in [4.69, 9.17) is 14.2 Å². The summed E-state index contributed by atoms with van der Waals surface area (Å²) in [7, 11) is 0. The molecule has 0 saturated carbocycles. The van der Waals surface area contributed by atoms with Crippen LogP contribution in [0.5, 0.6) is 0 Å². The smallest absolute Gasteiger partial charge is 0.306 e. The van der Waals surface area contributed by atoms with Crippen molar-refractivity contribution in [3.63, 3.8) is 0 Å². The van der Waals surface area contributed by atoms with Crippen molar-refractivity contribution in [1.29, 1.82) is 0 Å². The average Bonchev–Trinajstić information content (AvgIpc) is 3.27. The lowest BCUT2D eigenvalue weighted by molar-refractivity contribution is -0.163. The highest BCUT2D eigenvalue weighted by molar-refractivity contribution is 5.70. The number of hydrogen-bond donors (Lipinski definition) is 0. The van der Waals surface area contributed by atoms with Crippen LogP contribution in [0.15, 0.2) is 60.8 Å². The van der Waals surface area contributed by atoms with Gasteiger partial charge in [0.05, 0.1) is 6.61 Å². The van der Waals surface area contributed by atoms with Crippen molar-refractivity contribution in [2.75, 3.05) is 19.8 Å². The highest BCUT2D eigenvalue weighted by Crippen LogP contribution is 2.15. The zero-order chi connectivity index (χ0) is 44.9. The number of carbonyl (C=O) groups excluding carboxylic acids is 2. The van der Waals surface area contributed by atoms with E-state index in [1.54, 1.807) is 0 Å². The molecule has 0 bridgehead atoms. The topological polar surface area (TPSA) is 61.8 Å². The summed E-state index contributed by atoms with van der Waals surface area (Å²) in [6.45, 7) is 7.60. The molecule has 0 amide bonds. The van der Waals surface area contributed by atoms with E-state index in [1.807, 2.05) is 0 Å². The number of allylic oxidation sites excluding steroid dienone is 10. The van der Waals surface area contributed by atoms with E-state index in [0.29, 0.717) is 19.4 Å². The van der Waals surface area contributed by atoms with Crippen LogP contribution in [0.1, 0.15) is 265 Å². The predicted molar refractivity (Wildman–Crippen MR) is 270 cm³/mol. The first-order chi connectivity index (χ1) is 30.6. The van der Waals surface area contributed by atoms with Crippen LogP contribution < -0.4 is 0 Å². The highest BCUT2D eigenvalue weighted by atomic mass is 16.6. The van der Waals surface area contributed by atoms with Crippen molar-refractivity contribution in [2.24, 2.45) is 0 Å². The normalized spacial score (nSPS) is 12.6. The van der Waals surface area contributed by atoms with Crippen LogP contribution in [0, 0.1) is 0 Å². The van der Waals surface area contributed by atoms with Gasteiger partial charge >= 0.3 is 11.9 Å². The summed E-state index contributed by atoms with van der Waals surface area (Å²) in [6, 6.07) is 0. The molecule has 0 aromatic carbocycles. The number of hydrogen-bond acceptors (Lipinski definition) is 5. The minimum absolute atomic E-state index is 0.0623. The zero-order valence-electron chi connectivity index (χ0n) is 41.4. The first-order valence-corrected chi connectivity index (χ1v) is 26.8. The molecular formula is C57H102O5. The van der Waals surface area contributed by atoms with E-state index < -0.39 is 6.10 Å². The van der Waals surface area contributed by atoms with Crippen LogP contribution in [0.3, 0.4) is 0 Å². The fourth-order valence-corrected chi connectivity index (χ4v) is 7.57. The van der Waals surface area contributed by atoms with Crippen LogP contribution in [0.2, 0.25) is 0 Å². The number of esters is 2. The van der Waals surface area contributed by atoms with Gasteiger partial charge in [0, 0.05) is 19.4 Å². The number of ether oxygens (including phenoxy) is 3. The Morgan fingerprint density at radius 3 is 1.18 bits per heavy atom. The Labute approximate surface area is 385 Å². The van der Waals surface area contributed by atoms with Crippen LogP contribution >= 0.6 is 0 Å². The molecule has 0 heterocycles. The summed E-state index contributed by atoms with van der Waals surface area (Å²) in [4.78, 5) is 25.4. The maximum absolute atomic E-state index is 12.8. The number of rotatable bonds is 49. The SMILES string of the molecule is CC/C=C\C/C=C\C/C=C\C/C=C\CCCOCC(COC(=O)CCCCCCCCCCCCCCCCCCC)OC(=O)CCCCCCC/C=C\CCCCCCCC. The Kier molecular flexibility index (Phi) is 50.9. The molecule has 5 nitrogen and oxygen atoms in total. The van der Waals surface area contributed by atoms with Gasteiger partial charge in [-0.25, -0.2) is 0 Å². The summed E-state index contributed by atoms with van der Waals surface area (Å²) >= 11 is 0. The van der Waals surface area contributed by atoms with Crippen molar-refractivity contribution in [2.45, 2.75) is 271 Å². The van der Waals surface area contributed by atoms with Crippen molar-refractivity contribution >= 4 is 11.9 Å². The number of unbranched alkanes of at least 4 members (excludes halogenated alkanes) is 28. The second-order valence-electron chi connectivity index (χ2n) is 17.8. The molecule has 0 aromatic heterocycles. The lowest BCUT2D eigenvalue weighted by atomic mass is 10.0. The highest BCUT2D eigenvalue weighted by Gasteiger charge is 2.17. The van der Waals surface area contributed by atoms with E-state index in [9.17, 15) is 9.59 Å². The molecular weight excluding hydrogens is 765 g/mol. The first-order valence-electron chi connectivity index (χ1n) is 26.8. The lowest BCUT2D eigenvalue weighted by Crippen LogP contribution is -2.30. The molecule has 0 rings (SSSR count). The van der Waals surface area contributed by atoms with E-state index in [2.05, 4.69) is 81.5 Å². The first kappa shape index (κ1) is 59.6. The third-order valence-corrected chi connectivity index (χ3v) is 11.5. The second-order valence-corrected chi connectivity index (χ2v) is 17.8. The van der Waals surface area contributed by atoms with Gasteiger partial charge in [0.1, 0.15) is 6.61 Å². The molecule has 62 heavy (non-hydrogen) atoms. The Bertz CT molecular complexity index is 1070. The average molecular weight is 867 g/mol. The van der Waals surface area contributed by atoms with Crippen LogP contribution in [-0.4, -0.2) is 37.9 Å². The summed E-state index contributed by atoms with van der Waals surface area (Å²) < 4.78 is 17.4. The molecule has 0 radical (unpaired) electrons. The molecule has 1 atom stereocenters. The molecule has 0 aliphatic heterocycles. The van der Waals surface area contributed by atoms with Gasteiger partial charge in [0.25, 0.3) is 0 Å². The van der Waals surface area contributed by atoms with Crippen molar-refractivity contribution in [3.8, 4) is 0 Å². The summed E-state index contributed by atoms with van der Waals surface area (Å²) in [5.74, 6) is -0.427. The standard InChI is InChI=1S/C57H102O5/c1-4-7-10-13-16-19-22-25-28-29-31-32-35-38-41-44-47-50-56(58)61-54-55(53-60-52-49-46-43-40-37-34-27-24-21-18-15-12-9-6-3)62-57(59)51-48-45-42-39-36-33-30-26-23-20-17-14-11-8-5-2/h9,12,18,21,26-27,30,34,40,43,55H,4-8,10-11,13-17,19-20,22-25,28-29,31-33,35-39,41-42,44-54H2,1-3H3/b12-9-,21-18-,30-26-,34-27-,43-40-. The van der Waals surface area contributed by atoms with E-state index in [0.717, 1.165) is 77.0 Å². The monoisotopic (exact) mass is 867 g/mol. The van der Waals surface area contributed by atoms with Crippen LogP contribution in [-0.2, 0) is 23.8 Å². The van der Waals surface area contributed by atoms with Gasteiger partial charge in [0.15, 0.2) is 6.10 Å². The second kappa shape index (κ2) is 52.9. The molecule has 0 aliphatic carbocycles. The largest absolute Gasteiger partial charge is 0.462 e. The lowest BCUT2D eigenvalue weighted by Gasteiger charge is -2.18. The Hall–Kier alpha value is -2.40. The van der Waals surface area contributed by atoms with Gasteiger partial charge < -0.3 is 14.2 Å². The van der Waals surface area contributed by atoms with E-state index in [1.165, 1.54) is 154 Å². The molecule has 5 heteroatoms. The van der Waals surface area contributed by atoms with Crippen LogP contribution in [0.4, 0.5) is 0 Å². The van der Waals surface area contributed by atoms with Gasteiger partial charge in [0.2, 0.25) is 0 Å². The predicted octanol–water partition coefficient (Wildman–Crippen LogP) is 18.1. The molecule has 0 fully saturated rings. The molecule has 0 saturated heterocycles. The molecule has 1 unspecified atom stereocenters. The molecule has 0 aromatic rings. The Balaban J connectivity index is 4.31. The fourth-order valence-electron chi connectivity index (χ4n) is 7.57. The fraction of sp³-hybridized carbons (Fsp3) is 0.789. The molecule has 0 N–H and O–H groups in total. The number of carbonyl (C=O) groups is 2. The van der Waals surface area contributed by atoms with Gasteiger partial charge in [-0.05, 0) is 77.0 Å². The molecule has 360 valence electrons. The maximum Gasteiger partial charge on any atom is 0.306 e. The minimum atomic E-state index is -0.567. The summed E-state index contributed by atoms with van der Waals surface area (Å²) in [5.41, 5.74) is 0. The quantitative estimate of drug-likeness (QED) is 0.0346. The van der Waals surface area contributed by atoms with E-state index >= 15 is 0 Å². The van der Waals surface area contributed by atoms with Crippen LogP contribution in [0.25, 0.3) is 0 Å². The van der Waals surface area contributed by atoms with Gasteiger partial charge in [-0.3, -0.25) is 9.59 Å². The van der Waals surface area contributed by atoms with E-state index in [-0.39, 0.29) is 25.2 Å². The zero-order valence-corrected chi connectivity index (χ0v) is 41.4. The minimum Gasteiger partial charge on any atom is -0.462 e. The summed E-state index contributed by atoms with van der Waals surface area (Å²) in [5, 5.41) is 0. The van der Waals surface area contributed by atoms with Crippen molar-refractivity contribution < 1.29 is 23.8 Å². The maximum atomic E-state index is 12.8. The summed E-state index contributed by atoms with van der Waals surface area (Å²) in [6.07, 6.45) is 66.7. The molecule has 0 spiro atoms. The van der Waals surface area contributed by atoms with Gasteiger partial charge in [-0.15, -0.1) is 0 Å². The van der Waals surface area contributed by atoms with Crippen molar-refractivity contribution in [1.82, 2.24) is 0 Å². The Morgan fingerprint density at radius 1 is 0.371 bits per heavy atom. The van der Waals surface area contributed by atoms with Gasteiger partial charge in [-0.2, -0.15) is 0 Å². The third kappa shape index (κ3) is 50.2. The van der Waals surface area contributed by atoms with Gasteiger partial charge in [-0.1, -0.05) is 236 Å². The van der Waals surface area contributed by atoms with Crippen molar-refractivity contribution in [3.05, 3.63) is 60.8 Å². The third-order valence-electron chi connectivity index (χ3n) is 11.5. The Morgan fingerprint density at radius 2 is 0.726 bits per heavy atom. The molecule has 0 aliphatic rings.